The van der Waals surface area contributed by atoms with Crippen molar-refractivity contribution in [3.05, 3.63) is 59.9 Å². The zero-order valence-corrected chi connectivity index (χ0v) is 17.7. The van der Waals surface area contributed by atoms with E-state index in [1.165, 1.54) is 16.4 Å². The van der Waals surface area contributed by atoms with Gasteiger partial charge >= 0.3 is 0 Å². The number of piperidine rings is 1. The van der Waals surface area contributed by atoms with Crippen molar-refractivity contribution in [3.63, 3.8) is 0 Å². The number of nitrogens with one attached hydrogen (secondary N) is 2. The molecule has 2 N–H and O–H groups in total. The lowest BCUT2D eigenvalue weighted by molar-refractivity contribution is -0.120. The maximum atomic E-state index is 13.1. The van der Waals surface area contributed by atoms with Gasteiger partial charge in [0.2, 0.25) is 15.9 Å². The minimum absolute atomic E-state index is 0.0399. The molecule has 31 heavy (non-hydrogen) atoms. The zero-order chi connectivity index (χ0) is 22.0. The van der Waals surface area contributed by atoms with E-state index in [1.807, 2.05) is 0 Å². The number of hydrogen-bond donors (Lipinski definition) is 2. The molecule has 0 aromatic heterocycles. The third-order valence-electron chi connectivity index (χ3n) is 5.58. The molecule has 1 aliphatic heterocycles. The number of sulfonamides is 1. The molecule has 4 rings (SSSR count). The lowest BCUT2D eigenvalue weighted by Crippen LogP contribution is -2.41. The number of nitrogens with zero attached hydrogens (tertiary/aromatic N) is 1. The van der Waals surface area contributed by atoms with Crippen LogP contribution in [-0.4, -0.2) is 43.7 Å². The van der Waals surface area contributed by atoms with Crippen LogP contribution in [0.25, 0.3) is 0 Å². The Morgan fingerprint density at radius 3 is 2.29 bits per heavy atom. The highest BCUT2D eigenvalue weighted by atomic mass is 32.2. The molecule has 0 spiro atoms. The van der Waals surface area contributed by atoms with Crippen LogP contribution >= 0.6 is 0 Å². The molecule has 1 aliphatic carbocycles. The number of carbonyl (C=O) groups is 2. The normalized spacial score (nSPS) is 17.8. The van der Waals surface area contributed by atoms with Crippen LogP contribution in [0.5, 0.6) is 0 Å². The van der Waals surface area contributed by atoms with Gasteiger partial charge in [-0.1, -0.05) is 6.07 Å². The fourth-order valence-corrected chi connectivity index (χ4v) is 5.06. The van der Waals surface area contributed by atoms with Crippen LogP contribution in [-0.2, 0) is 14.8 Å². The number of benzene rings is 2. The van der Waals surface area contributed by atoms with E-state index in [-0.39, 0.29) is 41.8 Å². The molecule has 0 bridgehead atoms. The summed E-state index contributed by atoms with van der Waals surface area (Å²) in [5.74, 6) is -1.18. The minimum atomic E-state index is -3.72. The van der Waals surface area contributed by atoms with Gasteiger partial charge in [0.15, 0.2) is 0 Å². The van der Waals surface area contributed by atoms with Crippen molar-refractivity contribution < 1.29 is 22.4 Å². The molecule has 1 heterocycles. The van der Waals surface area contributed by atoms with Crippen molar-refractivity contribution in [2.45, 2.75) is 36.6 Å². The third-order valence-corrected chi connectivity index (χ3v) is 7.49. The maximum absolute atomic E-state index is 13.1. The van der Waals surface area contributed by atoms with Gasteiger partial charge in [0, 0.05) is 36.3 Å². The summed E-state index contributed by atoms with van der Waals surface area (Å²) in [5.41, 5.74) is 1.03. The lowest BCUT2D eigenvalue weighted by Gasteiger charge is -2.30. The predicted molar refractivity (Wildman–Crippen MR) is 113 cm³/mol. The third kappa shape index (κ3) is 5.11. The summed E-state index contributed by atoms with van der Waals surface area (Å²) < 4.78 is 39.8. The van der Waals surface area contributed by atoms with Gasteiger partial charge in [-0.15, -0.1) is 0 Å². The number of anilines is 1. The second-order valence-electron chi connectivity index (χ2n) is 7.95. The second-order valence-corrected chi connectivity index (χ2v) is 9.89. The Kier molecular flexibility index (Phi) is 6.06. The number of carbonyl (C=O) groups excluding carboxylic acids is 2. The van der Waals surface area contributed by atoms with Crippen molar-refractivity contribution >= 4 is 27.5 Å². The smallest absolute Gasteiger partial charge is 0.251 e. The highest BCUT2D eigenvalue weighted by Gasteiger charge is 2.32. The van der Waals surface area contributed by atoms with Crippen LogP contribution in [0.1, 0.15) is 36.0 Å². The van der Waals surface area contributed by atoms with Gasteiger partial charge in [0.1, 0.15) is 5.82 Å². The second kappa shape index (κ2) is 8.76. The van der Waals surface area contributed by atoms with Crippen molar-refractivity contribution in [2.75, 3.05) is 18.4 Å². The summed E-state index contributed by atoms with van der Waals surface area (Å²) in [5, 5.41) is 5.75. The van der Waals surface area contributed by atoms with Gasteiger partial charge in [-0.25, -0.2) is 12.8 Å². The Labute approximate surface area is 180 Å². The highest BCUT2D eigenvalue weighted by Crippen LogP contribution is 2.25. The monoisotopic (exact) mass is 445 g/mol. The van der Waals surface area contributed by atoms with Gasteiger partial charge < -0.3 is 10.6 Å². The lowest BCUT2D eigenvalue weighted by atomic mass is 9.97. The SMILES string of the molecule is O=C(NC1CC1)c1cccc(NC(=O)C2CCN(S(=O)(=O)c3ccc(F)cc3)CC2)c1. The average Bonchev–Trinajstić information content (AvgIpc) is 3.58. The molecule has 1 saturated heterocycles. The molecule has 0 atom stereocenters. The minimum Gasteiger partial charge on any atom is -0.349 e. The molecule has 2 aromatic carbocycles. The highest BCUT2D eigenvalue weighted by molar-refractivity contribution is 7.89. The molecule has 0 unspecified atom stereocenters. The van der Waals surface area contributed by atoms with Crippen molar-refractivity contribution in [3.8, 4) is 0 Å². The van der Waals surface area contributed by atoms with Crippen molar-refractivity contribution in [1.29, 1.82) is 0 Å². The largest absolute Gasteiger partial charge is 0.349 e. The van der Waals surface area contributed by atoms with Gasteiger partial charge in [0.25, 0.3) is 5.91 Å². The van der Waals surface area contributed by atoms with E-state index in [1.54, 1.807) is 24.3 Å². The Bertz CT molecular complexity index is 1080. The summed E-state index contributed by atoms with van der Waals surface area (Å²) in [6.45, 7) is 0.420. The fourth-order valence-electron chi connectivity index (χ4n) is 3.59. The van der Waals surface area contributed by atoms with E-state index < -0.39 is 15.8 Å². The maximum Gasteiger partial charge on any atom is 0.251 e. The fraction of sp³-hybridized carbons (Fsp3) is 0.364. The molecular weight excluding hydrogens is 421 g/mol. The van der Waals surface area contributed by atoms with Gasteiger partial charge in [-0.3, -0.25) is 9.59 Å². The molecule has 1 saturated carbocycles. The summed E-state index contributed by atoms with van der Waals surface area (Å²) >= 11 is 0. The van der Waals surface area contributed by atoms with Crippen molar-refractivity contribution in [1.82, 2.24) is 9.62 Å². The Morgan fingerprint density at radius 2 is 1.65 bits per heavy atom. The van der Waals surface area contributed by atoms with Gasteiger partial charge in [-0.2, -0.15) is 4.31 Å². The van der Waals surface area contributed by atoms with E-state index in [0.29, 0.717) is 24.1 Å². The number of amides is 2. The summed E-state index contributed by atoms with van der Waals surface area (Å²) in [6.07, 6.45) is 2.76. The summed E-state index contributed by atoms with van der Waals surface area (Å²) in [4.78, 5) is 24.9. The molecule has 2 amide bonds. The molecule has 7 nitrogen and oxygen atoms in total. The first-order valence-corrected chi connectivity index (χ1v) is 11.7. The van der Waals surface area contributed by atoms with Crippen LogP contribution < -0.4 is 10.6 Å². The standard InChI is InChI=1S/C22H24FN3O4S/c23-17-4-8-20(9-5-17)31(29,30)26-12-10-15(11-13-26)21(27)25-19-3-1-2-16(14-19)22(28)24-18-6-7-18/h1-5,8-9,14-15,18H,6-7,10-13H2,(H,24,28)(H,25,27). The van der Waals surface area contributed by atoms with Gasteiger partial charge in [-0.05, 0) is 68.1 Å². The van der Waals surface area contributed by atoms with Crippen molar-refractivity contribution in [2.24, 2.45) is 5.92 Å². The van der Waals surface area contributed by atoms with E-state index in [0.717, 1.165) is 25.0 Å². The quantitative estimate of drug-likeness (QED) is 0.715. The predicted octanol–water partition coefficient (Wildman–Crippen LogP) is 2.76. The average molecular weight is 446 g/mol. The summed E-state index contributed by atoms with van der Waals surface area (Å²) in [7, 11) is -3.72. The Balaban J connectivity index is 1.34. The van der Waals surface area contributed by atoms with E-state index >= 15 is 0 Å². The van der Waals surface area contributed by atoms with Crippen LogP contribution in [0, 0.1) is 11.7 Å². The van der Waals surface area contributed by atoms with Gasteiger partial charge in [0.05, 0.1) is 4.90 Å². The van der Waals surface area contributed by atoms with Crippen LogP contribution in [0.2, 0.25) is 0 Å². The number of rotatable bonds is 6. The van der Waals surface area contributed by atoms with E-state index in [9.17, 15) is 22.4 Å². The summed E-state index contributed by atoms with van der Waals surface area (Å²) in [6, 6.07) is 11.8. The van der Waals surface area contributed by atoms with Crippen LogP contribution in [0.15, 0.2) is 53.4 Å². The number of halogens is 1. The topological polar surface area (TPSA) is 95.6 Å². The molecule has 2 fully saturated rings. The first-order valence-electron chi connectivity index (χ1n) is 10.3. The zero-order valence-electron chi connectivity index (χ0n) is 16.9. The molecule has 2 aromatic rings. The van der Waals surface area contributed by atoms with E-state index in [2.05, 4.69) is 10.6 Å². The molecule has 0 radical (unpaired) electrons. The molecule has 9 heteroatoms. The first-order chi connectivity index (χ1) is 14.8. The van der Waals surface area contributed by atoms with Crippen LogP contribution in [0.3, 0.4) is 0 Å². The van der Waals surface area contributed by atoms with Crippen LogP contribution in [0.4, 0.5) is 10.1 Å². The Hall–Kier alpha value is -2.78. The molecule has 2 aliphatic rings. The van der Waals surface area contributed by atoms with E-state index in [4.69, 9.17) is 0 Å². The number of hydrogen-bond acceptors (Lipinski definition) is 4. The molecular formula is C22H24FN3O4S. The first kappa shape index (κ1) is 21.5. The molecule has 164 valence electrons. The Morgan fingerprint density at radius 1 is 0.968 bits per heavy atom.